The summed E-state index contributed by atoms with van der Waals surface area (Å²) in [7, 11) is -1.93. The molecule has 0 atom stereocenters. The zero-order valence-corrected chi connectivity index (χ0v) is 16.4. The SMILES string of the molecule is CCOc1ccccc1C(=O)N1CCCN(S(=O)(=O)c2cn(C)cn2)CC1. The first-order valence-corrected chi connectivity index (χ1v) is 10.4. The van der Waals surface area contributed by atoms with E-state index in [4.69, 9.17) is 4.74 Å². The average molecular weight is 392 g/mol. The van der Waals surface area contributed by atoms with Gasteiger partial charge in [-0.2, -0.15) is 4.31 Å². The number of aromatic nitrogens is 2. The number of imidazole rings is 1. The molecule has 1 saturated heterocycles. The van der Waals surface area contributed by atoms with Crippen molar-refractivity contribution in [3.63, 3.8) is 0 Å². The summed E-state index contributed by atoms with van der Waals surface area (Å²) in [5.74, 6) is 0.406. The van der Waals surface area contributed by atoms with Crippen LogP contribution in [0, 0.1) is 0 Å². The van der Waals surface area contributed by atoms with Crippen LogP contribution in [0.3, 0.4) is 0 Å². The largest absolute Gasteiger partial charge is 0.493 e. The number of sulfonamides is 1. The fourth-order valence-corrected chi connectivity index (χ4v) is 4.52. The Balaban J connectivity index is 1.74. The highest BCUT2D eigenvalue weighted by atomic mass is 32.2. The predicted octanol–water partition coefficient (Wildman–Crippen LogP) is 1.36. The van der Waals surface area contributed by atoms with Gasteiger partial charge in [-0.3, -0.25) is 4.79 Å². The monoisotopic (exact) mass is 392 g/mol. The Morgan fingerprint density at radius 1 is 1.19 bits per heavy atom. The van der Waals surface area contributed by atoms with Crippen molar-refractivity contribution in [3.8, 4) is 5.75 Å². The van der Waals surface area contributed by atoms with Crippen LogP contribution in [0.2, 0.25) is 0 Å². The normalized spacial score (nSPS) is 16.1. The van der Waals surface area contributed by atoms with Crippen molar-refractivity contribution in [2.45, 2.75) is 18.4 Å². The fraction of sp³-hybridized carbons (Fsp3) is 0.444. The van der Waals surface area contributed by atoms with Gasteiger partial charge in [0.15, 0.2) is 5.03 Å². The van der Waals surface area contributed by atoms with Crippen LogP contribution in [0.4, 0.5) is 0 Å². The van der Waals surface area contributed by atoms with Crippen molar-refractivity contribution in [1.29, 1.82) is 0 Å². The molecule has 27 heavy (non-hydrogen) atoms. The number of para-hydroxylation sites is 1. The number of carbonyl (C=O) groups excluding carboxylic acids is 1. The Morgan fingerprint density at radius 3 is 2.67 bits per heavy atom. The maximum absolute atomic E-state index is 12.9. The van der Waals surface area contributed by atoms with Crippen molar-refractivity contribution >= 4 is 15.9 Å². The third-order valence-corrected chi connectivity index (χ3v) is 6.23. The van der Waals surface area contributed by atoms with Gasteiger partial charge >= 0.3 is 0 Å². The minimum absolute atomic E-state index is 0.0338. The molecule has 0 bridgehead atoms. The van der Waals surface area contributed by atoms with E-state index >= 15 is 0 Å². The van der Waals surface area contributed by atoms with Gasteiger partial charge in [0.05, 0.1) is 18.5 Å². The summed E-state index contributed by atoms with van der Waals surface area (Å²) in [5, 5.41) is 0.0338. The van der Waals surface area contributed by atoms with Crippen molar-refractivity contribution < 1.29 is 17.9 Å². The summed E-state index contributed by atoms with van der Waals surface area (Å²) >= 11 is 0. The number of benzene rings is 1. The molecule has 0 N–H and O–H groups in total. The number of carbonyl (C=O) groups is 1. The van der Waals surface area contributed by atoms with Gasteiger partial charge in [0.25, 0.3) is 15.9 Å². The zero-order chi connectivity index (χ0) is 19.4. The molecule has 8 nitrogen and oxygen atoms in total. The number of hydrogen-bond acceptors (Lipinski definition) is 5. The maximum Gasteiger partial charge on any atom is 0.262 e. The second-order valence-electron chi connectivity index (χ2n) is 6.36. The summed E-state index contributed by atoms with van der Waals surface area (Å²) in [4.78, 5) is 18.6. The predicted molar refractivity (Wildman–Crippen MR) is 100 cm³/mol. The molecular formula is C18H24N4O4S. The van der Waals surface area contributed by atoms with Crippen LogP contribution in [0.15, 0.2) is 41.8 Å². The Bertz CT molecular complexity index is 910. The second kappa shape index (κ2) is 8.10. The lowest BCUT2D eigenvalue weighted by Gasteiger charge is -2.22. The molecule has 9 heteroatoms. The standard InChI is InChI=1S/C18H24N4O4S/c1-3-26-16-8-5-4-7-15(16)18(23)21-9-6-10-22(12-11-21)27(24,25)17-13-20(2)14-19-17/h4-5,7-8,13-14H,3,6,9-12H2,1-2H3. The average Bonchev–Trinajstić information content (AvgIpc) is 2.95. The van der Waals surface area contributed by atoms with E-state index in [0.29, 0.717) is 44.0 Å². The Morgan fingerprint density at radius 2 is 1.96 bits per heavy atom. The molecule has 1 fully saturated rings. The third-order valence-electron chi connectivity index (χ3n) is 4.44. The molecule has 0 spiro atoms. The van der Waals surface area contributed by atoms with Crippen molar-refractivity contribution in [3.05, 3.63) is 42.4 Å². The van der Waals surface area contributed by atoms with Gasteiger partial charge in [-0.15, -0.1) is 0 Å². The molecule has 0 unspecified atom stereocenters. The van der Waals surface area contributed by atoms with Crippen molar-refractivity contribution in [1.82, 2.24) is 18.8 Å². The van der Waals surface area contributed by atoms with Crippen LogP contribution in [-0.2, 0) is 17.1 Å². The molecule has 2 aromatic rings. The van der Waals surface area contributed by atoms with Crippen LogP contribution >= 0.6 is 0 Å². The van der Waals surface area contributed by atoms with Crippen LogP contribution in [0.1, 0.15) is 23.7 Å². The first-order chi connectivity index (χ1) is 12.9. The van der Waals surface area contributed by atoms with Crippen molar-refractivity contribution in [2.24, 2.45) is 7.05 Å². The lowest BCUT2D eigenvalue weighted by Crippen LogP contribution is -2.37. The van der Waals surface area contributed by atoms with E-state index in [0.717, 1.165) is 0 Å². The van der Waals surface area contributed by atoms with E-state index < -0.39 is 10.0 Å². The van der Waals surface area contributed by atoms with Gasteiger partial charge in [0.2, 0.25) is 0 Å². The van der Waals surface area contributed by atoms with E-state index in [1.54, 1.807) is 34.7 Å². The molecule has 0 radical (unpaired) electrons. The molecule has 2 heterocycles. The van der Waals surface area contributed by atoms with Crippen LogP contribution in [0.25, 0.3) is 0 Å². The number of ether oxygens (including phenoxy) is 1. The number of amides is 1. The number of hydrogen-bond donors (Lipinski definition) is 0. The topological polar surface area (TPSA) is 84.7 Å². The van der Waals surface area contributed by atoms with Crippen LogP contribution < -0.4 is 4.74 Å². The molecule has 1 aromatic heterocycles. The highest BCUT2D eigenvalue weighted by molar-refractivity contribution is 7.89. The Labute approximate surface area is 159 Å². The van der Waals surface area contributed by atoms with Crippen molar-refractivity contribution in [2.75, 3.05) is 32.8 Å². The summed E-state index contributed by atoms with van der Waals surface area (Å²) in [6, 6.07) is 7.13. The second-order valence-corrected chi connectivity index (χ2v) is 8.24. The van der Waals surface area contributed by atoms with E-state index in [1.165, 1.54) is 16.8 Å². The molecule has 1 aliphatic rings. The lowest BCUT2D eigenvalue weighted by atomic mass is 10.1. The summed E-state index contributed by atoms with van der Waals surface area (Å²) < 4.78 is 34.1. The van der Waals surface area contributed by atoms with E-state index in [1.807, 2.05) is 13.0 Å². The molecule has 0 saturated carbocycles. The van der Waals surface area contributed by atoms with Gasteiger partial charge in [-0.05, 0) is 25.5 Å². The van der Waals surface area contributed by atoms with E-state index in [2.05, 4.69) is 4.98 Å². The Kier molecular flexibility index (Phi) is 5.81. The molecule has 1 aromatic carbocycles. The van der Waals surface area contributed by atoms with Gasteiger partial charge in [0, 0.05) is 39.4 Å². The van der Waals surface area contributed by atoms with Gasteiger partial charge in [0.1, 0.15) is 5.75 Å². The quantitative estimate of drug-likeness (QED) is 0.767. The minimum atomic E-state index is -3.66. The lowest BCUT2D eigenvalue weighted by molar-refractivity contribution is 0.0760. The molecule has 1 aliphatic heterocycles. The zero-order valence-electron chi connectivity index (χ0n) is 15.5. The van der Waals surface area contributed by atoms with E-state index in [-0.39, 0.29) is 17.5 Å². The molecular weight excluding hydrogens is 368 g/mol. The minimum Gasteiger partial charge on any atom is -0.493 e. The first-order valence-electron chi connectivity index (χ1n) is 8.92. The van der Waals surface area contributed by atoms with E-state index in [9.17, 15) is 13.2 Å². The maximum atomic E-state index is 12.9. The molecule has 1 amide bonds. The highest BCUT2D eigenvalue weighted by Gasteiger charge is 2.30. The molecule has 0 aliphatic carbocycles. The first kappa shape index (κ1) is 19.4. The Hall–Kier alpha value is -2.39. The third kappa shape index (κ3) is 4.14. The number of aryl methyl sites for hydroxylation is 1. The molecule has 146 valence electrons. The molecule has 3 rings (SSSR count). The van der Waals surface area contributed by atoms with Crippen LogP contribution in [-0.4, -0.2) is 65.9 Å². The summed E-state index contributed by atoms with van der Waals surface area (Å²) in [6.45, 7) is 3.75. The van der Waals surface area contributed by atoms with Gasteiger partial charge in [-0.25, -0.2) is 13.4 Å². The summed E-state index contributed by atoms with van der Waals surface area (Å²) in [5.41, 5.74) is 0.500. The summed E-state index contributed by atoms with van der Waals surface area (Å²) in [6.07, 6.45) is 3.52. The van der Waals surface area contributed by atoms with Crippen LogP contribution in [0.5, 0.6) is 5.75 Å². The number of nitrogens with zero attached hydrogens (tertiary/aromatic N) is 4. The van der Waals surface area contributed by atoms with Gasteiger partial charge in [-0.1, -0.05) is 12.1 Å². The van der Waals surface area contributed by atoms with Gasteiger partial charge < -0.3 is 14.2 Å². The fourth-order valence-electron chi connectivity index (χ4n) is 3.09. The smallest absolute Gasteiger partial charge is 0.262 e. The number of rotatable bonds is 5. The highest BCUT2D eigenvalue weighted by Crippen LogP contribution is 2.22.